The van der Waals surface area contributed by atoms with Crippen LogP contribution in [0.15, 0.2) is 48.7 Å². The van der Waals surface area contributed by atoms with E-state index in [2.05, 4.69) is 9.88 Å². The first kappa shape index (κ1) is 19.3. The minimum Gasteiger partial charge on any atom is -0.491 e. The number of anilines is 2. The van der Waals surface area contributed by atoms with E-state index < -0.39 is 17.9 Å². The predicted molar refractivity (Wildman–Crippen MR) is 106 cm³/mol. The zero-order valence-corrected chi connectivity index (χ0v) is 15.9. The number of aliphatic hydroxyl groups is 1. The molecule has 0 saturated carbocycles. The molecule has 0 aliphatic carbocycles. The van der Waals surface area contributed by atoms with Gasteiger partial charge in [-0.05, 0) is 59.9 Å². The van der Waals surface area contributed by atoms with E-state index in [0.717, 1.165) is 29.1 Å². The minimum atomic E-state index is -1.02. The molecule has 4 rings (SSSR count). The van der Waals surface area contributed by atoms with Crippen molar-refractivity contribution in [2.45, 2.75) is 19.1 Å². The van der Waals surface area contributed by atoms with E-state index in [4.69, 9.17) is 10.5 Å². The third kappa shape index (κ3) is 3.66. The Bertz CT molecular complexity index is 1030. The number of fused-ring (bicyclic) bond motifs is 1. The standard InChI is InChI=1S/C22H21F2N3O2/c1-29-21-17(23)10-14(11-18(21)24)9-13-5-7-26-20(12-13)27-8-6-15-16(22(25)28)3-2-4-19(15)27/h2-5,7,10-12,22,28H,6,8-9,25H2,1H3. The van der Waals surface area contributed by atoms with Gasteiger partial charge in [0.25, 0.3) is 0 Å². The molecule has 2 aromatic carbocycles. The van der Waals surface area contributed by atoms with E-state index in [1.807, 2.05) is 30.3 Å². The molecule has 0 amide bonds. The van der Waals surface area contributed by atoms with E-state index in [1.54, 1.807) is 6.20 Å². The van der Waals surface area contributed by atoms with E-state index in [9.17, 15) is 13.9 Å². The lowest BCUT2D eigenvalue weighted by Crippen LogP contribution is -2.15. The zero-order chi connectivity index (χ0) is 20.5. The molecule has 5 nitrogen and oxygen atoms in total. The zero-order valence-electron chi connectivity index (χ0n) is 15.9. The van der Waals surface area contributed by atoms with Gasteiger partial charge in [0.15, 0.2) is 17.4 Å². The van der Waals surface area contributed by atoms with Crippen molar-refractivity contribution in [2.24, 2.45) is 5.73 Å². The van der Waals surface area contributed by atoms with E-state index in [-0.39, 0.29) is 5.75 Å². The van der Waals surface area contributed by atoms with Crippen LogP contribution in [-0.4, -0.2) is 23.7 Å². The summed E-state index contributed by atoms with van der Waals surface area (Å²) in [5, 5.41) is 9.81. The molecule has 1 aromatic heterocycles. The normalized spacial score (nSPS) is 14.0. The molecule has 150 valence electrons. The van der Waals surface area contributed by atoms with Gasteiger partial charge >= 0.3 is 0 Å². The molecular formula is C22H21F2N3O2. The van der Waals surface area contributed by atoms with Crippen LogP contribution in [0.2, 0.25) is 0 Å². The van der Waals surface area contributed by atoms with Crippen LogP contribution in [0, 0.1) is 11.6 Å². The molecule has 1 aliphatic heterocycles. The first-order chi connectivity index (χ1) is 14.0. The molecule has 3 N–H and O–H groups in total. The number of nitrogens with zero attached hydrogens (tertiary/aromatic N) is 2. The fourth-order valence-electron chi connectivity index (χ4n) is 3.84. The van der Waals surface area contributed by atoms with Gasteiger partial charge in [-0.25, -0.2) is 13.8 Å². The van der Waals surface area contributed by atoms with Crippen LogP contribution in [-0.2, 0) is 12.8 Å². The lowest BCUT2D eigenvalue weighted by Gasteiger charge is -2.20. The van der Waals surface area contributed by atoms with Crippen molar-refractivity contribution in [3.05, 3.63) is 82.5 Å². The van der Waals surface area contributed by atoms with Crippen molar-refractivity contribution in [3.63, 3.8) is 0 Å². The summed E-state index contributed by atoms with van der Waals surface area (Å²) in [6.45, 7) is 0.710. The SMILES string of the molecule is COc1c(F)cc(Cc2ccnc(N3CCc4c(C(N)O)cccc43)c2)cc1F. The smallest absolute Gasteiger partial charge is 0.190 e. The quantitative estimate of drug-likeness (QED) is 0.644. The number of rotatable bonds is 5. The van der Waals surface area contributed by atoms with Crippen molar-refractivity contribution in [1.29, 1.82) is 0 Å². The predicted octanol–water partition coefficient (Wildman–Crippen LogP) is 3.60. The Morgan fingerprint density at radius 3 is 2.62 bits per heavy atom. The van der Waals surface area contributed by atoms with Crippen LogP contribution in [0.3, 0.4) is 0 Å². The van der Waals surface area contributed by atoms with Gasteiger partial charge in [-0.15, -0.1) is 0 Å². The second kappa shape index (κ2) is 7.77. The maximum absolute atomic E-state index is 14.0. The number of aliphatic hydroxyl groups excluding tert-OH is 1. The number of halogens is 2. The molecule has 7 heteroatoms. The molecule has 0 fully saturated rings. The van der Waals surface area contributed by atoms with Crippen LogP contribution in [0.25, 0.3) is 0 Å². The van der Waals surface area contributed by atoms with Crippen molar-refractivity contribution in [3.8, 4) is 5.75 Å². The second-order valence-electron chi connectivity index (χ2n) is 6.98. The van der Waals surface area contributed by atoms with Gasteiger partial charge in [-0.2, -0.15) is 0 Å². The highest BCUT2D eigenvalue weighted by molar-refractivity contribution is 5.69. The van der Waals surface area contributed by atoms with Gasteiger partial charge in [0.1, 0.15) is 12.0 Å². The van der Waals surface area contributed by atoms with E-state index in [0.29, 0.717) is 24.1 Å². The maximum Gasteiger partial charge on any atom is 0.190 e. The summed E-state index contributed by atoms with van der Waals surface area (Å²) in [7, 11) is 1.24. The highest BCUT2D eigenvalue weighted by atomic mass is 19.1. The van der Waals surface area contributed by atoms with Gasteiger partial charge < -0.3 is 20.5 Å². The van der Waals surface area contributed by atoms with Gasteiger partial charge in [0.05, 0.1) is 7.11 Å². The number of hydrogen-bond acceptors (Lipinski definition) is 5. The number of methoxy groups -OCH3 is 1. The summed E-state index contributed by atoms with van der Waals surface area (Å²) < 4.78 is 32.7. The summed E-state index contributed by atoms with van der Waals surface area (Å²) in [4.78, 5) is 6.52. The van der Waals surface area contributed by atoms with E-state index >= 15 is 0 Å². The summed E-state index contributed by atoms with van der Waals surface area (Å²) >= 11 is 0. The van der Waals surface area contributed by atoms with E-state index in [1.165, 1.54) is 19.2 Å². The Kier molecular flexibility index (Phi) is 5.17. The summed E-state index contributed by atoms with van der Waals surface area (Å²) in [5.41, 5.74) is 9.74. The summed E-state index contributed by atoms with van der Waals surface area (Å²) in [6.07, 6.45) is 1.76. The average Bonchev–Trinajstić information content (AvgIpc) is 3.12. The van der Waals surface area contributed by atoms with Gasteiger partial charge in [0.2, 0.25) is 0 Å². The van der Waals surface area contributed by atoms with Crippen LogP contribution >= 0.6 is 0 Å². The van der Waals surface area contributed by atoms with Gasteiger partial charge in [0, 0.05) is 24.0 Å². The monoisotopic (exact) mass is 397 g/mol. The van der Waals surface area contributed by atoms with Crippen LogP contribution < -0.4 is 15.4 Å². The van der Waals surface area contributed by atoms with Crippen LogP contribution in [0.1, 0.15) is 28.5 Å². The van der Waals surface area contributed by atoms with Crippen molar-refractivity contribution < 1.29 is 18.6 Å². The molecule has 0 radical (unpaired) electrons. The molecule has 1 unspecified atom stereocenters. The van der Waals surface area contributed by atoms with Gasteiger partial charge in [-0.3, -0.25) is 0 Å². The lowest BCUT2D eigenvalue weighted by molar-refractivity contribution is 0.185. The molecule has 3 aromatic rings. The number of nitrogens with two attached hydrogens (primary N) is 1. The van der Waals surface area contributed by atoms with Crippen molar-refractivity contribution >= 4 is 11.5 Å². The molecule has 1 atom stereocenters. The second-order valence-corrected chi connectivity index (χ2v) is 6.98. The van der Waals surface area contributed by atoms with Crippen molar-refractivity contribution in [2.75, 3.05) is 18.6 Å². The molecule has 29 heavy (non-hydrogen) atoms. The molecule has 1 aliphatic rings. The molecule has 2 heterocycles. The summed E-state index contributed by atoms with van der Waals surface area (Å²) in [5.74, 6) is -1.09. The average molecular weight is 397 g/mol. The minimum absolute atomic E-state index is 0.357. The van der Waals surface area contributed by atoms with Gasteiger partial charge in [-0.1, -0.05) is 12.1 Å². The fraction of sp³-hybridized carbons (Fsp3) is 0.227. The topological polar surface area (TPSA) is 71.6 Å². The van der Waals surface area contributed by atoms with Crippen LogP contribution in [0.5, 0.6) is 5.75 Å². The molecule has 0 bridgehead atoms. The Hall–Kier alpha value is -3.03. The summed E-state index contributed by atoms with van der Waals surface area (Å²) in [6, 6.07) is 11.9. The number of aromatic nitrogens is 1. The lowest BCUT2D eigenvalue weighted by atomic mass is 10.0. The maximum atomic E-state index is 14.0. The number of pyridine rings is 1. The Balaban J connectivity index is 1.63. The molecule has 0 saturated heterocycles. The first-order valence-electron chi connectivity index (χ1n) is 9.27. The largest absolute Gasteiger partial charge is 0.491 e. The molecular weight excluding hydrogens is 376 g/mol. The first-order valence-corrected chi connectivity index (χ1v) is 9.27. The number of hydrogen-bond donors (Lipinski definition) is 2. The van der Waals surface area contributed by atoms with Crippen molar-refractivity contribution in [1.82, 2.24) is 4.98 Å². The number of benzene rings is 2. The number of ether oxygens (including phenoxy) is 1. The fourth-order valence-corrected chi connectivity index (χ4v) is 3.84. The third-order valence-electron chi connectivity index (χ3n) is 5.14. The Morgan fingerprint density at radius 1 is 1.17 bits per heavy atom. The highest BCUT2D eigenvalue weighted by Gasteiger charge is 2.25. The third-order valence-corrected chi connectivity index (χ3v) is 5.14. The Morgan fingerprint density at radius 2 is 1.93 bits per heavy atom. The van der Waals surface area contributed by atoms with Crippen LogP contribution in [0.4, 0.5) is 20.3 Å². The molecule has 0 spiro atoms. The Labute approximate surface area is 167 Å². The highest BCUT2D eigenvalue weighted by Crippen LogP contribution is 2.37.